The van der Waals surface area contributed by atoms with E-state index >= 15 is 0 Å². The van der Waals surface area contributed by atoms with Crippen LogP contribution in [0.2, 0.25) is 0 Å². The molecule has 0 aromatic carbocycles. The average Bonchev–Trinajstić information content (AvgIpc) is 2.90. The summed E-state index contributed by atoms with van der Waals surface area (Å²) < 4.78 is 0. The van der Waals surface area contributed by atoms with Crippen molar-refractivity contribution in [3.05, 3.63) is 18.2 Å². The number of carboxylic acid groups (broad SMARTS) is 1. The highest BCUT2D eigenvalue weighted by molar-refractivity contribution is 5.82. The van der Waals surface area contributed by atoms with E-state index in [2.05, 4.69) is 20.6 Å². The van der Waals surface area contributed by atoms with Gasteiger partial charge >= 0.3 is 12.0 Å². The van der Waals surface area contributed by atoms with Gasteiger partial charge in [-0.2, -0.15) is 0 Å². The first kappa shape index (κ1) is 16.0. The summed E-state index contributed by atoms with van der Waals surface area (Å²) in [5.74, 6) is -1.07. The van der Waals surface area contributed by atoms with Crippen LogP contribution < -0.4 is 10.6 Å². The number of nitrogens with one attached hydrogen (secondary N) is 3. The van der Waals surface area contributed by atoms with Gasteiger partial charge in [0, 0.05) is 24.4 Å². The fraction of sp³-hybridized carbons (Fsp3) is 0.615. The molecule has 0 fully saturated rings. The number of carbonyl (C=O) groups is 2. The number of rotatable bonds is 8. The normalized spacial score (nSPS) is 13.5. The highest BCUT2D eigenvalue weighted by atomic mass is 16.4. The molecule has 2 atom stereocenters. The van der Waals surface area contributed by atoms with E-state index < -0.39 is 18.0 Å². The molecule has 0 saturated carbocycles. The highest BCUT2D eigenvalue weighted by Crippen LogP contribution is 2.02. The van der Waals surface area contributed by atoms with Crippen molar-refractivity contribution in [2.75, 3.05) is 0 Å². The molecule has 1 rings (SSSR count). The molecule has 112 valence electrons. The van der Waals surface area contributed by atoms with Gasteiger partial charge in [0.1, 0.15) is 6.04 Å². The van der Waals surface area contributed by atoms with Crippen molar-refractivity contribution in [1.29, 1.82) is 0 Å². The van der Waals surface area contributed by atoms with Gasteiger partial charge in [-0.15, -0.1) is 0 Å². The Morgan fingerprint density at radius 1 is 1.40 bits per heavy atom. The summed E-state index contributed by atoms with van der Waals surface area (Å²) in [5.41, 5.74) is 0.665. The molecule has 1 aromatic rings. The minimum atomic E-state index is -1.07. The third-order valence-corrected chi connectivity index (χ3v) is 3.05. The number of carbonyl (C=O) groups excluding carboxylic acids is 1. The smallest absolute Gasteiger partial charge is 0.326 e. The van der Waals surface area contributed by atoms with E-state index in [9.17, 15) is 9.59 Å². The maximum absolute atomic E-state index is 11.8. The molecule has 7 heteroatoms. The van der Waals surface area contributed by atoms with Crippen LogP contribution in [0.5, 0.6) is 0 Å². The molecule has 1 aromatic heterocycles. The Balaban J connectivity index is 2.52. The molecule has 0 aliphatic carbocycles. The van der Waals surface area contributed by atoms with Gasteiger partial charge in [0.2, 0.25) is 0 Å². The Labute approximate surface area is 118 Å². The first-order valence-corrected chi connectivity index (χ1v) is 6.83. The van der Waals surface area contributed by atoms with Gasteiger partial charge in [0.05, 0.1) is 6.33 Å². The summed E-state index contributed by atoms with van der Waals surface area (Å²) in [6.45, 7) is 4.03. The van der Waals surface area contributed by atoms with Crippen molar-refractivity contribution in [3.63, 3.8) is 0 Å². The summed E-state index contributed by atoms with van der Waals surface area (Å²) in [6, 6.07) is -1.35. The maximum Gasteiger partial charge on any atom is 0.326 e. The van der Waals surface area contributed by atoms with Crippen molar-refractivity contribution >= 4 is 12.0 Å². The van der Waals surface area contributed by atoms with Crippen LogP contribution in [-0.2, 0) is 11.2 Å². The second-order valence-corrected chi connectivity index (χ2v) is 4.68. The SMILES string of the molecule is CCCC(CC)NC(=O)N[C@@H](Cc1cnc[nH]1)C(=O)O. The molecule has 1 unspecified atom stereocenters. The lowest BCUT2D eigenvalue weighted by atomic mass is 10.1. The van der Waals surface area contributed by atoms with Crippen LogP contribution in [0.4, 0.5) is 4.79 Å². The summed E-state index contributed by atoms with van der Waals surface area (Å²) in [4.78, 5) is 29.6. The molecule has 4 N–H and O–H groups in total. The first-order valence-electron chi connectivity index (χ1n) is 6.83. The van der Waals surface area contributed by atoms with E-state index in [1.54, 1.807) is 6.20 Å². The summed E-state index contributed by atoms with van der Waals surface area (Å²) in [6.07, 6.45) is 5.86. The number of aliphatic carboxylic acids is 1. The molecule has 20 heavy (non-hydrogen) atoms. The Morgan fingerprint density at radius 2 is 2.15 bits per heavy atom. The van der Waals surface area contributed by atoms with Crippen molar-refractivity contribution in [3.8, 4) is 0 Å². The van der Waals surface area contributed by atoms with E-state index in [1.165, 1.54) is 6.33 Å². The molecule has 1 heterocycles. The standard InChI is InChI=1S/C13H22N4O3/c1-3-5-9(4-2)16-13(20)17-11(12(18)19)6-10-7-14-8-15-10/h7-9,11H,3-6H2,1-2H3,(H,14,15)(H,18,19)(H2,16,17,20)/t9?,11-/m0/s1. The largest absolute Gasteiger partial charge is 0.480 e. The van der Waals surface area contributed by atoms with Crippen LogP contribution in [0, 0.1) is 0 Å². The van der Waals surface area contributed by atoms with Gasteiger partial charge in [-0.1, -0.05) is 20.3 Å². The van der Waals surface area contributed by atoms with Crippen molar-refractivity contribution in [1.82, 2.24) is 20.6 Å². The number of imidazole rings is 1. The molecule has 0 radical (unpaired) electrons. The topological polar surface area (TPSA) is 107 Å². The zero-order valence-electron chi connectivity index (χ0n) is 11.8. The second-order valence-electron chi connectivity index (χ2n) is 4.68. The zero-order chi connectivity index (χ0) is 15.0. The van der Waals surface area contributed by atoms with Gasteiger partial charge in [0.15, 0.2) is 0 Å². The monoisotopic (exact) mass is 282 g/mol. The zero-order valence-corrected chi connectivity index (χ0v) is 11.8. The maximum atomic E-state index is 11.8. The number of hydrogen-bond acceptors (Lipinski definition) is 3. The molecule has 0 aliphatic rings. The minimum Gasteiger partial charge on any atom is -0.480 e. The number of carboxylic acids is 1. The number of aromatic nitrogens is 2. The predicted molar refractivity (Wildman–Crippen MR) is 74.4 cm³/mol. The quantitative estimate of drug-likeness (QED) is 0.576. The third kappa shape index (κ3) is 5.29. The minimum absolute atomic E-state index is 0.0709. The van der Waals surface area contributed by atoms with Crippen LogP contribution >= 0.6 is 0 Å². The van der Waals surface area contributed by atoms with E-state index in [-0.39, 0.29) is 12.5 Å². The summed E-state index contributed by atoms with van der Waals surface area (Å²) in [7, 11) is 0. The van der Waals surface area contributed by atoms with Crippen LogP contribution in [0.25, 0.3) is 0 Å². The molecule has 0 spiro atoms. The van der Waals surface area contributed by atoms with E-state index in [4.69, 9.17) is 5.11 Å². The molecular formula is C13H22N4O3. The Morgan fingerprint density at radius 3 is 2.65 bits per heavy atom. The lowest BCUT2D eigenvalue weighted by Crippen LogP contribution is -2.49. The van der Waals surface area contributed by atoms with Crippen LogP contribution in [0.3, 0.4) is 0 Å². The van der Waals surface area contributed by atoms with E-state index in [1.807, 2.05) is 13.8 Å². The van der Waals surface area contributed by atoms with Crippen LogP contribution in [0.1, 0.15) is 38.8 Å². The third-order valence-electron chi connectivity index (χ3n) is 3.05. The second kappa shape index (κ2) is 8.19. The number of H-pyrrole nitrogens is 1. The van der Waals surface area contributed by atoms with Gasteiger partial charge in [-0.05, 0) is 12.8 Å². The lowest BCUT2D eigenvalue weighted by Gasteiger charge is -2.19. The summed E-state index contributed by atoms with van der Waals surface area (Å²) >= 11 is 0. The first-order chi connectivity index (χ1) is 9.56. The Bertz CT molecular complexity index is 419. The lowest BCUT2D eigenvalue weighted by molar-refractivity contribution is -0.139. The average molecular weight is 282 g/mol. The number of aromatic amines is 1. The van der Waals surface area contributed by atoms with Crippen molar-refractivity contribution in [2.24, 2.45) is 0 Å². The van der Waals surface area contributed by atoms with Gasteiger partial charge < -0.3 is 20.7 Å². The molecule has 0 aliphatic heterocycles. The van der Waals surface area contributed by atoms with E-state index in [0.717, 1.165) is 19.3 Å². The number of hydrogen-bond donors (Lipinski definition) is 4. The molecule has 0 bridgehead atoms. The van der Waals surface area contributed by atoms with Gasteiger partial charge in [-0.25, -0.2) is 14.6 Å². The molecule has 2 amide bonds. The Hall–Kier alpha value is -2.05. The van der Waals surface area contributed by atoms with Gasteiger partial charge in [0.25, 0.3) is 0 Å². The van der Waals surface area contributed by atoms with Gasteiger partial charge in [-0.3, -0.25) is 0 Å². The Kier molecular flexibility index (Phi) is 6.55. The molecular weight excluding hydrogens is 260 g/mol. The number of amides is 2. The van der Waals surface area contributed by atoms with Crippen LogP contribution in [0.15, 0.2) is 12.5 Å². The fourth-order valence-corrected chi connectivity index (χ4v) is 1.93. The number of nitrogens with zero attached hydrogens (tertiary/aromatic N) is 1. The molecule has 0 saturated heterocycles. The fourth-order valence-electron chi connectivity index (χ4n) is 1.93. The molecule has 7 nitrogen and oxygen atoms in total. The summed E-state index contributed by atoms with van der Waals surface area (Å²) in [5, 5.41) is 14.4. The van der Waals surface area contributed by atoms with E-state index in [0.29, 0.717) is 5.69 Å². The predicted octanol–water partition coefficient (Wildman–Crippen LogP) is 1.28. The van der Waals surface area contributed by atoms with Crippen molar-refractivity contribution < 1.29 is 14.7 Å². The van der Waals surface area contributed by atoms with Crippen LogP contribution in [-0.4, -0.2) is 39.2 Å². The highest BCUT2D eigenvalue weighted by Gasteiger charge is 2.21. The number of urea groups is 1. The van der Waals surface area contributed by atoms with Crippen molar-refractivity contribution in [2.45, 2.75) is 51.6 Å².